The quantitative estimate of drug-likeness (QED) is 0.571. The van der Waals surface area contributed by atoms with Crippen LogP contribution in [-0.2, 0) is 4.79 Å². The molecule has 0 aliphatic rings. The fourth-order valence-corrected chi connectivity index (χ4v) is 1.13. The van der Waals surface area contributed by atoms with Crippen molar-refractivity contribution in [3.05, 3.63) is 54.1 Å². The van der Waals surface area contributed by atoms with Crippen LogP contribution in [0.2, 0.25) is 0 Å². The highest BCUT2D eigenvalue weighted by Crippen LogP contribution is 2.13. The zero-order valence-electron chi connectivity index (χ0n) is 8.10. The van der Waals surface area contributed by atoms with Crippen molar-refractivity contribution in [2.45, 2.75) is 6.92 Å². The molecule has 0 heterocycles. The van der Waals surface area contributed by atoms with Crippen LogP contribution in [0.4, 0.5) is 0 Å². The summed E-state index contributed by atoms with van der Waals surface area (Å²) in [7, 11) is 0. The van der Waals surface area contributed by atoms with Crippen LogP contribution in [-0.4, -0.2) is 5.91 Å². The van der Waals surface area contributed by atoms with Crippen molar-refractivity contribution in [2.75, 3.05) is 0 Å². The molecule has 2 heteroatoms. The number of amides is 1. The molecular formula is C12H13NO. The first-order valence-electron chi connectivity index (χ1n) is 4.44. The molecule has 1 aromatic carbocycles. The molecule has 1 aromatic rings. The summed E-state index contributed by atoms with van der Waals surface area (Å²) in [6, 6.07) is 9.38. The molecule has 72 valence electrons. The second-order valence-electron chi connectivity index (χ2n) is 2.84. The highest BCUT2D eigenvalue weighted by Gasteiger charge is 2.05. The van der Waals surface area contributed by atoms with E-state index in [0.29, 0.717) is 5.57 Å². The first-order chi connectivity index (χ1) is 6.75. The van der Waals surface area contributed by atoms with Gasteiger partial charge >= 0.3 is 0 Å². The lowest BCUT2D eigenvalue weighted by molar-refractivity contribution is -0.112. The van der Waals surface area contributed by atoms with Crippen molar-refractivity contribution in [1.82, 2.24) is 0 Å². The Hall–Kier alpha value is -1.83. The highest BCUT2D eigenvalue weighted by atomic mass is 16.1. The van der Waals surface area contributed by atoms with Gasteiger partial charge < -0.3 is 5.73 Å². The lowest BCUT2D eigenvalue weighted by Crippen LogP contribution is -2.12. The summed E-state index contributed by atoms with van der Waals surface area (Å²) < 4.78 is 0. The van der Waals surface area contributed by atoms with Crippen molar-refractivity contribution in [1.29, 1.82) is 0 Å². The highest BCUT2D eigenvalue weighted by molar-refractivity contribution is 6.19. The third kappa shape index (κ3) is 2.59. The number of rotatable bonds is 3. The fourth-order valence-electron chi connectivity index (χ4n) is 1.13. The van der Waals surface area contributed by atoms with Gasteiger partial charge in [-0.05, 0) is 18.6 Å². The Morgan fingerprint density at radius 2 is 1.93 bits per heavy atom. The first kappa shape index (κ1) is 10.3. The molecule has 2 nitrogen and oxygen atoms in total. The SMILES string of the molecule is C/C=C/C=C(/C(N)=O)c1ccccc1. The second kappa shape index (κ2) is 5.02. The summed E-state index contributed by atoms with van der Waals surface area (Å²) >= 11 is 0. The summed E-state index contributed by atoms with van der Waals surface area (Å²) in [6.07, 6.45) is 5.37. The van der Waals surface area contributed by atoms with E-state index in [4.69, 9.17) is 5.73 Å². The van der Waals surface area contributed by atoms with Crippen LogP contribution >= 0.6 is 0 Å². The molecule has 0 bridgehead atoms. The van der Waals surface area contributed by atoms with Gasteiger partial charge in [0, 0.05) is 5.57 Å². The predicted molar refractivity (Wildman–Crippen MR) is 58.4 cm³/mol. The molecule has 1 rings (SSSR count). The average Bonchev–Trinajstić information content (AvgIpc) is 2.19. The van der Waals surface area contributed by atoms with E-state index in [0.717, 1.165) is 5.56 Å². The minimum Gasteiger partial charge on any atom is -0.366 e. The van der Waals surface area contributed by atoms with Gasteiger partial charge in [0.2, 0.25) is 5.91 Å². The molecule has 1 amide bonds. The maximum Gasteiger partial charge on any atom is 0.249 e. The Balaban J connectivity index is 3.07. The van der Waals surface area contributed by atoms with E-state index in [9.17, 15) is 4.79 Å². The average molecular weight is 187 g/mol. The molecular weight excluding hydrogens is 174 g/mol. The van der Waals surface area contributed by atoms with E-state index in [1.165, 1.54) is 0 Å². The Labute approximate surface area is 83.7 Å². The van der Waals surface area contributed by atoms with Crippen molar-refractivity contribution in [3.8, 4) is 0 Å². The van der Waals surface area contributed by atoms with Gasteiger partial charge in [0.05, 0.1) is 0 Å². The van der Waals surface area contributed by atoms with Gasteiger partial charge in [-0.3, -0.25) is 4.79 Å². The number of carbonyl (C=O) groups is 1. The topological polar surface area (TPSA) is 43.1 Å². The molecule has 0 atom stereocenters. The van der Waals surface area contributed by atoms with Gasteiger partial charge in [-0.15, -0.1) is 0 Å². The number of hydrogen-bond donors (Lipinski definition) is 1. The molecule has 0 aliphatic heterocycles. The first-order valence-corrected chi connectivity index (χ1v) is 4.44. The second-order valence-corrected chi connectivity index (χ2v) is 2.84. The van der Waals surface area contributed by atoms with Gasteiger partial charge in [-0.1, -0.05) is 42.5 Å². The summed E-state index contributed by atoms with van der Waals surface area (Å²) in [5, 5.41) is 0. The maximum absolute atomic E-state index is 11.1. The largest absolute Gasteiger partial charge is 0.366 e. The number of carbonyl (C=O) groups excluding carboxylic acids is 1. The fraction of sp³-hybridized carbons (Fsp3) is 0.0833. The zero-order chi connectivity index (χ0) is 10.4. The number of benzene rings is 1. The maximum atomic E-state index is 11.1. The Morgan fingerprint density at radius 3 is 2.43 bits per heavy atom. The van der Waals surface area contributed by atoms with Crippen LogP contribution in [0.1, 0.15) is 12.5 Å². The number of hydrogen-bond acceptors (Lipinski definition) is 1. The van der Waals surface area contributed by atoms with E-state index in [1.807, 2.05) is 43.3 Å². The van der Waals surface area contributed by atoms with Crippen LogP contribution in [0, 0.1) is 0 Å². The number of nitrogens with two attached hydrogens (primary N) is 1. The molecule has 0 unspecified atom stereocenters. The summed E-state index contributed by atoms with van der Waals surface area (Å²) in [5.41, 5.74) is 6.65. The lowest BCUT2D eigenvalue weighted by Gasteiger charge is -2.01. The molecule has 0 spiro atoms. The molecule has 2 N–H and O–H groups in total. The minimum absolute atomic E-state index is 0.408. The summed E-state index contributed by atoms with van der Waals surface area (Å²) in [6.45, 7) is 1.89. The van der Waals surface area contributed by atoms with Gasteiger partial charge in [0.25, 0.3) is 0 Å². The molecule has 0 aromatic heterocycles. The van der Waals surface area contributed by atoms with Crippen molar-refractivity contribution in [3.63, 3.8) is 0 Å². The standard InChI is InChI=1S/C12H13NO/c1-2-3-9-11(12(13)14)10-7-5-4-6-8-10/h2-9H,1H3,(H2,13,14)/b3-2+,11-9+. The Kier molecular flexibility index (Phi) is 3.68. The summed E-state index contributed by atoms with van der Waals surface area (Å²) in [5.74, 6) is -0.408. The van der Waals surface area contributed by atoms with Crippen LogP contribution in [0.5, 0.6) is 0 Å². The molecule has 14 heavy (non-hydrogen) atoms. The molecule has 0 saturated heterocycles. The van der Waals surface area contributed by atoms with Crippen LogP contribution in [0.15, 0.2) is 48.6 Å². The van der Waals surface area contributed by atoms with Gasteiger partial charge in [0.15, 0.2) is 0 Å². The van der Waals surface area contributed by atoms with E-state index >= 15 is 0 Å². The van der Waals surface area contributed by atoms with Crippen LogP contribution in [0.3, 0.4) is 0 Å². The van der Waals surface area contributed by atoms with E-state index in [1.54, 1.807) is 12.2 Å². The van der Waals surface area contributed by atoms with E-state index in [2.05, 4.69) is 0 Å². The lowest BCUT2D eigenvalue weighted by atomic mass is 10.1. The van der Waals surface area contributed by atoms with Crippen LogP contribution < -0.4 is 5.73 Å². The van der Waals surface area contributed by atoms with E-state index in [-0.39, 0.29) is 0 Å². The molecule has 0 radical (unpaired) electrons. The third-order valence-corrected chi connectivity index (χ3v) is 1.81. The molecule has 0 saturated carbocycles. The smallest absolute Gasteiger partial charge is 0.249 e. The van der Waals surface area contributed by atoms with Gasteiger partial charge in [-0.2, -0.15) is 0 Å². The molecule has 0 aliphatic carbocycles. The minimum atomic E-state index is -0.408. The normalized spacial score (nSPS) is 11.9. The van der Waals surface area contributed by atoms with Gasteiger partial charge in [0.1, 0.15) is 0 Å². The number of primary amides is 1. The van der Waals surface area contributed by atoms with Crippen molar-refractivity contribution >= 4 is 11.5 Å². The van der Waals surface area contributed by atoms with E-state index < -0.39 is 5.91 Å². The Morgan fingerprint density at radius 1 is 1.29 bits per heavy atom. The Bertz CT molecular complexity index is 363. The van der Waals surface area contributed by atoms with Crippen molar-refractivity contribution in [2.24, 2.45) is 5.73 Å². The van der Waals surface area contributed by atoms with Gasteiger partial charge in [-0.25, -0.2) is 0 Å². The molecule has 0 fully saturated rings. The summed E-state index contributed by atoms with van der Waals surface area (Å²) in [4.78, 5) is 11.1. The predicted octanol–water partition coefficient (Wildman–Crippen LogP) is 2.13. The third-order valence-electron chi connectivity index (χ3n) is 1.81. The van der Waals surface area contributed by atoms with Crippen molar-refractivity contribution < 1.29 is 4.79 Å². The zero-order valence-corrected chi connectivity index (χ0v) is 8.10. The monoisotopic (exact) mass is 187 g/mol. The van der Waals surface area contributed by atoms with Crippen LogP contribution in [0.25, 0.3) is 5.57 Å². The number of allylic oxidation sites excluding steroid dienone is 3.